The van der Waals surface area contributed by atoms with E-state index in [0.717, 1.165) is 45.2 Å². The minimum atomic E-state index is -0.391. The number of aryl methyl sites for hydroxylation is 6. The van der Waals surface area contributed by atoms with Crippen LogP contribution in [-0.4, -0.2) is 36.4 Å². The minimum Gasteiger partial charge on any atom is -0.446 e. The number of nitrogens with one attached hydrogen (secondary N) is 1. The second-order valence-corrected chi connectivity index (χ2v) is 11.8. The highest BCUT2D eigenvalue weighted by Crippen LogP contribution is 2.24. The Kier molecular flexibility index (Phi) is 15.2. The van der Waals surface area contributed by atoms with Gasteiger partial charge in [-0.15, -0.1) is 23.2 Å². The van der Waals surface area contributed by atoms with Crippen LogP contribution in [0.2, 0.25) is 0 Å². The molecule has 0 atom stereocenters. The number of amides is 1. The van der Waals surface area contributed by atoms with Crippen molar-refractivity contribution < 1.29 is 18.4 Å². The number of pyridine rings is 2. The molecular weight excluding hydrogens is 699 g/mol. The monoisotopic (exact) mass is 734 g/mol. The predicted octanol–water partition coefficient (Wildman–Crippen LogP) is 9.65. The first-order valence-corrected chi connectivity index (χ1v) is 16.6. The second kappa shape index (κ2) is 19.2. The quantitative estimate of drug-likeness (QED) is 0.130. The van der Waals surface area contributed by atoms with Gasteiger partial charge in [-0.25, -0.2) is 19.9 Å². The van der Waals surface area contributed by atoms with E-state index in [0.29, 0.717) is 34.5 Å². The van der Waals surface area contributed by atoms with Crippen LogP contribution in [-0.2, 0) is 0 Å². The van der Waals surface area contributed by atoms with Crippen LogP contribution < -0.4 is 11.1 Å². The van der Waals surface area contributed by atoms with Gasteiger partial charge in [-0.05, 0) is 86.8 Å². The molecular formula is C37H37Cl3N6O4. The lowest BCUT2D eigenvalue weighted by Gasteiger charge is -2.07. The number of hydrogen-bond acceptors (Lipinski definition) is 9. The van der Waals surface area contributed by atoms with Gasteiger partial charge in [-0.2, -0.15) is 0 Å². The molecule has 0 radical (unpaired) electrons. The molecule has 13 heteroatoms. The summed E-state index contributed by atoms with van der Waals surface area (Å²) < 4.78 is 10.8. The van der Waals surface area contributed by atoms with Crippen LogP contribution in [0.4, 0.5) is 11.6 Å². The lowest BCUT2D eigenvalue weighted by molar-refractivity contribution is 0.102. The van der Waals surface area contributed by atoms with Gasteiger partial charge in [0.05, 0.1) is 5.34 Å². The van der Waals surface area contributed by atoms with E-state index in [4.69, 9.17) is 49.4 Å². The summed E-state index contributed by atoms with van der Waals surface area (Å²) in [4.78, 5) is 39.8. The molecule has 0 fully saturated rings. The lowest BCUT2D eigenvalue weighted by atomic mass is 10.1. The van der Waals surface area contributed by atoms with E-state index in [1.165, 1.54) is 0 Å². The molecule has 50 heavy (non-hydrogen) atoms. The lowest BCUT2D eigenvalue weighted by Crippen LogP contribution is -2.14. The van der Waals surface area contributed by atoms with Crippen molar-refractivity contribution in [1.82, 2.24) is 19.9 Å². The number of benzene rings is 2. The molecule has 0 unspecified atom stereocenters. The maximum absolute atomic E-state index is 12.3. The fourth-order valence-corrected chi connectivity index (χ4v) is 4.76. The van der Waals surface area contributed by atoms with Gasteiger partial charge < -0.3 is 19.9 Å². The molecule has 6 rings (SSSR count). The minimum absolute atomic E-state index is 0.170. The van der Waals surface area contributed by atoms with E-state index in [-0.39, 0.29) is 11.2 Å². The number of rotatable bonds is 5. The van der Waals surface area contributed by atoms with Crippen LogP contribution in [0.1, 0.15) is 55.1 Å². The number of nitrogen functional groups attached to an aromatic ring is 1. The molecule has 4 heterocycles. The average molecular weight is 736 g/mol. The number of alkyl halides is 2. The maximum atomic E-state index is 12.3. The first-order valence-electron chi connectivity index (χ1n) is 15.1. The van der Waals surface area contributed by atoms with Gasteiger partial charge in [-0.3, -0.25) is 9.59 Å². The number of hydrogen-bond donors (Lipinski definition) is 2. The van der Waals surface area contributed by atoms with Gasteiger partial charge in [0.15, 0.2) is 11.8 Å². The summed E-state index contributed by atoms with van der Waals surface area (Å²) in [6, 6.07) is 21.9. The summed E-state index contributed by atoms with van der Waals surface area (Å²) in [5.41, 5.74) is 11.9. The Morgan fingerprint density at radius 3 is 1.50 bits per heavy atom. The number of oxazole rings is 2. The Balaban J connectivity index is 0.000000213. The van der Waals surface area contributed by atoms with Gasteiger partial charge in [0.25, 0.3) is 11.1 Å². The van der Waals surface area contributed by atoms with Crippen LogP contribution in [0.25, 0.3) is 22.5 Å². The third kappa shape index (κ3) is 11.5. The van der Waals surface area contributed by atoms with E-state index in [1.54, 1.807) is 49.6 Å². The highest BCUT2D eigenvalue weighted by Gasteiger charge is 2.12. The number of anilines is 2. The molecule has 2 aromatic carbocycles. The zero-order valence-electron chi connectivity index (χ0n) is 28.4. The van der Waals surface area contributed by atoms with E-state index >= 15 is 0 Å². The Morgan fingerprint density at radius 2 is 1.14 bits per heavy atom. The van der Waals surface area contributed by atoms with Crippen LogP contribution in [0.5, 0.6) is 0 Å². The number of carbonyl (C=O) groups excluding carboxylic acids is 2. The van der Waals surface area contributed by atoms with Gasteiger partial charge in [-0.1, -0.05) is 36.4 Å². The van der Waals surface area contributed by atoms with Gasteiger partial charge in [0, 0.05) is 48.5 Å². The highest BCUT2D eigenvalue weighted by molar-refractivity contribution is 6.67. The third-order valence-corrected chi connectivity index (χ3v) is 7.10. The van der Waals surface area contributed by atoms with E-state index in [9.17, 15) is 9.59 Å². The summed E-state index contributed by atoms with van der Waals surface area (Å²) in [7, 11) is 0. The normalized spacial score (nSPS) is 10.0. The van der Waals surface area contributed by atoms with Crippen molar-refractivity contribution in [3.05, 3.63) is 131 Å². The smallest absolute Gasteiger partial charge is 0.257 e. The summed E-state index contributed by atoms with van der Waals surface area (Å²) in [6.07, 6.45) is 3.37. The van der Waals surface area contributed by atoms with Crippen LogP contribution in [0, 0.1) is 41.5 Å². The summed E-state index contributed by atoms with van der Waals surface area (Å²) >= 11 is 14.8. The van der Waals surface area contributed by atoms with Crippen molar-refractivity contribution in [1.29, 1.82) is 0 Å². The number of halogens is 3. The Hall–Kier alpha value is -5.03. The first-order chi connectivity index (χ1) is 23.8. The zero-order valence-corrected chi connectivity index (χ0v) is 30.7. The van der Waals surface area contributed by atoms with E-state index in [1.807, 2.05) is 77.1 Å². The van der Waals surface area contributed by atoms with Crippen molar-refractivity contribution in [2.75, 3.05) is 16.4 Å². The molecule has 0 aliphatic heterocycles. The van der Waals surface area contributed by atoms with Gasteiger partial charge >= 0.3 is 0 Å². The van der Waals surface area contributed by atoms with E-state index in [2.05, 4.69) is 25.3 Å². The van der Waals surface area contributed by atoms with Crippen molar-refractivity contribution in [3.63, 3.8) is 0 Å². The Morgan fingerprint density at radius 1 is 0.680 bits per heavy atom. The molecule has 10 nitrogen and oxygen atoms in total. The fourth-order valence-electron chi connectivity index (χ4n) is 4.55. The average Bonchev–Trinajstić information content (AvgIpc) is 3.61. The Bertz CT molecular complexity index is 2010. The van der Waals surface area contributed by atoms with Crippen LogP contribution in [0.3, 0.4) is 0 Å². The summed E-state index contributed by atoms with van der Waals surface area (Å²) in [5, 5.41) is 2.61. The molecule has 0 saturated heterocycles. The molecule has 1 amide bonds. The first kappa shape index (κ1) is 39.4. The topological polar surface area (TPSA) is 150 Å². The SMILES string of the molecule is Cc1ccccc1C(=O)Cl.Cc1nc(-c2ccc(N)nc2)c(C)o1.Cc1nc(-c2ccc(NC(=O)c3ccccc3C)nc2)c(C)o1.ClCCl. The number of nitrogens with two attached hydrogens (primary N) is 1. The molecule has 260 valence electrons. The highest BCUT2D eigenvalue weighted by atomic mass is 35.5. The van der Waals surface area contributed by atoms with Crippen molar-refractivity contribution >= 4 is 57.6 Å². The number of aromatic nitrogens is 4. The predicted molar refractivity (Wildman–Crippen MR) is 200 cm³/mol. The van der Waals surface area contributed by atoms with Crippen molar-refractivity contribution in [2.24, 2.45) is 0 Å². The van der Waals surface area contributed by atoms with Crippen LogP contribution >= 0.6 is 34.8 Å². The van der Waals surface area contributed by atoms with E-state index < -0.39 is 5.24 Å². The number of nitrogens with zero attached hydrogens (tertiary/aromatic N) is 4. The standard InChI is InChI=1S/C18H17N3O2.C10H11N3O.C8H7ClO.CH2Cl2/c1-11-6-4-5-7-15(11)18(22)21-16-9-8-14(10-19-16)17-12(2)23-13(3)20-17;1-6-10(13-7(2)14-6)8-3-4-9(11)12-5-8;1-6-4-2-3-5-7(6)8(9)10;2-1-3/h4-10H,1-3H3,(H,19,21,22);3-5H,1-2H3,(H2,11,12);2-5H,1H3;1H2. The zero-order chi connectivity index (χ0) is 36.8. The molecule has 3 N–H and O–H groups in total. The summed E-state index contributed by atoms with van der Waals surface area (Å²) in [6.45, 7) is 11.1. The van der Waals surface area contributed by atoms with Gasteiger partial charge in [0.1, 0.15) is 34.5 Å². The number of carbonyl (C=O) groups is 2. The fraction of sp³-hybridized carbons (Fsp3) is 0.189. The molecule has 4 aromatic heterocycles. The van der Waals surface area contributed by atoms with Gasteiger partial charge in [0.2, 0.25) is 0 Å². The molecule has 0 spiro atoms. The maximum Gasteiger partial charge on any atom is 0.257 e. The molecule has 0 bridgehead atoms. The van der Waals surface area contributed by atoms with Crippen molar-refractivity contribution in [3.8, 4) is 22.5 Å². The molecule has 0 aliphatic rings. The Labute approximate surface area is 306 Å². The third-order valence-electron chi connectivity index (χ3n) is 6.89. The van der Waals surface area contributed by atoms with Crippen LogP contribution in [0.15, 0.2) is 94.0 Å². The largest absolute Gasteiger partial charge is 0.446 e. The molecule has 6 aromatic rings. The van der Waals surface area contributed by atoms with Crippen molar-refractivity contribution in [2.45, 2.75) is 41.5 Å². The molecule has 0 saturated carbocycles. The molecule has 0 aliphatic carbocycles. The summed E-state index contributed by atoms with van der Waals surface area (Å²) in [5.74, 6) is 3.67. The second-order valence-electron chi connectivity index (χ2n) is 10.6.